The van der Waals surface area contributed by atoms with E-state index in [1.807, 2.05) is 0 Å². The lowest BCUT2D eigenvalue weighted by Crippen LogP contribution is -2.13. The Kier molecular flexibility index (Phi) is 7.35. The Morgan fingerprint density at radius 1 is 1.30 bits per heavy atom. The molecule has 2 aromatic rings. The highest BCUT2D eigenvalue weighted by Gasteiger charge is 2.16. The molecule has 0 fully saturated rings. The summed E-state index contributed by atoms with van der Waals surface area (Å²) in [6.45, 7) is 5.38. The molecule has 0 heterocycles. The van der Waals surface area contributed by atoms with E-state index in [9.17, 15) is 23.1 Å². The van der Waals surface area contributed by atoms with Gasteiger partial charge in [0.15, 0.2) is 17.5 Å². The van der Waals surface area contributed by atoms with Crippen molar-refractivity contribution < 1.29 is 23.1 Å². The van der Waals surface area contributed by atoms with E-state index in [4.69, 9.17) is 11.6 Å². The summed E-state index contributed by atoms with van der Waals surface area (Å²) in [7, 11) is 0. The van der Waals surface area contributed by atoms with E-state index >= 15 is 0 Å². The van der Waals surface area contributed by atoms with Gasteiger partial charge in [-0.2, -0.15) is 0 Å². The largest absolute Gasteiger partial charge is 0.393 e. The van der Waals surface area contributed by atoms with Gasteiger partial charge in [-0.05, 0) is 31.5 Å². The maximum Gasteiger partial charge on any atom is 0.255 e. The topological polar surface area (TPSA) is 49.3 Å². The summed E-state index contributed by atoms with van der Waals surface area (Å²) in [5.74, 6) is -5.04. The average Bonchev–Trinajstić information content (AvgIpc) is 2.60. The van der Waals surface area contributed by atoms with Gasteiger partial charge < -0.3 is 10.4 Å². The summed E-state index contributed by atoms with van der Waals surface area (Å²) in [6.07, 6.45) is 1.59. The molecule has 144 valence electrons. The van der Waals surface area contributed by atoms with Gasteiger partial charge in [0.05, 0.1) is 11.1 Å². The van der Waals surface area contributed by atoms with Crippen molar-refractivity contribution in [3.8, 4) is 0 Å². The second-order valence-corrected chi connectivity index (χ2v) is 7.52. The first-order chi connectivity index (χ1) is 12.7. The van der Waals surface area contributed by atoms with Crippen LogP contribution in [0, 0.1) is 17.5 Å². The van der Waals surface area contributed by atoms with Crippen molar-refractivity contribution in [1.29, 1.82) is 0 Å². The highest BCUT2D eigenvalue weighted by molar-refractivity contribution is 8.00. The van der Waals surface area contributed by atoms with E-state index in [-0.39, 0.29) is 16.5 Å². The molecule has 2 N–H and O–H groups in total. The summed E-state index contributed by atoms with van der Waals surface area (Å²) in [5.41, 5.74) is -0.00877. The third kappa shape index (κ3) is 5.76. The summed E-state index contributed by atoms with van der Waals surface area (Å²) >= 11 is 7.50. The first-order valence-electron chi connectivity index (χ1n) is 7.94. The number of aliphatic hydroxyl groups is 1. The molecule has 0 aliphatic heterocycles. The molecule has 0 spiro atoms. The van der Waals surface area contributed by atoms with E-state index in [1.54, 1.807) is 13.0 Å². The molecule has 0 aliphatic carbocycles. The Balaban J connectivity index is 2.21. The van der Waals surface area contributed by atoms with Gasteiger partial charge in [0.25, 0.3) is 5.91 Å². The first-order valence-corrected chi connectivity index (χ1v) is 9.19. The Morgan fingerprint density at radius 3 is 2.48 bits per heavy atom. The molecule has 0 saturated carbocycles. The summed E-state index contributed by atoms with van der Waals surface area (Å²) in [5, 5.41) is 12.1. The molecule has 8 heteroatoms. The second kappa shape index (κ2) is 9.30. The fraction of sp³-hybridized carbons (Fsp3) is 0.211. The van der Waals surface area contributed by atoms with Crippen molar-refractivity contribution in [2.75, 3.05) is 5.32 Å². The number of thioether (sulfide) groups is 1. The molecule has 0 bridgehead atoms. The molecule has 1 unspecified atom stereocenters. The van der Waals surface area contributed by atoms with Gasteiger partial charge in [0.2, 0.25) is 0 Å². The summed E-state index contributed by atoms with van der Waals surface area (Å²) < 4.78 is 39.6. The van der Waals surface area contributed by atoms with Crippen LogP contribution in [0.5, 0.6) is 0 Å². The number of halogens is 4. The van der Waals surface area contributed by atoms with Gasteiger partial charge in [-0.25, -0.2) is 13.2 Å². The standard InChI is InChI=1S/C19H17ClF3NO2S/c1-3-13(6-10(2)25)27-17-7-11(4-5-14(17)20)19(26)24-12-8-15(21)18(23)16(22)9-12/h3-5,7-10,13,25H,1,6H2,2H3,(H,24,26)/t10?,13-/m1/s1. The van der Waals surface area contributed by atoms with Gasteiger partial charge in [-0.3, -0.25) is 4.79 Å². The number of nitrogens with one attached hydrogen (secondary N) is 1. The van der Waals surface area contributed by atoms with Crippen molar-refractivity contribution in [2.24, 2.45) is 0 Å². The Hall–Kier alpha value is -1.96. The predicted molar refractivity (Wildman–Crippen MR) is 102 cm³/mol. The number of anilines is 1. The third-order valence-corrected chi connectivity index (χ3v) is 5.27. The Bertz CT molecular complexity index is 838. The molecule has 2 aromatic carbocycles. The Labute approximate surface area is 164 Å². The zero-order valence-corrected chi connectivity index (χ0v) is 15.9. The average molecular weight is 416 g/mol. The lowest BCUT2D eigenvalue weighted by molar-refractivity contribution is 0.102. The quantitative estimate of drug-likeness (QED) is 0.360. The maximum atomic E-state index is 13.3. The van der Waals surface area contributed by atoms with Crippen LogP contribution in [-0.2, 0) is 0 Å². The van der Waals surface area contributed by atoms with E-state index < -0.39 is 29.5 Å². The van der Waals surface area contributed by atoms with Crippen molar-refractivity contribution >= 4 is 35.0 Å². The van der Waals surface area contributed by atoms with Crippen LogP contribution in [0.15, 0.2) is 47.9 Å². The smallest absolute Gasteiger partial charge is 0.255 e. The number of hydrogen-bond donors (Lipinski definition) is 2. The minimum absolute atomic E-state index is 0.124. The molecule has 0 saturated heterocycles. The number of amides is 1. The number of hydrogen-bond acceptors (Lipinski definition) is 3. The van der Waals surface area contributed by atoms with Gasteiger partial charge in [-0.1, -0.05) is 17.7 Å². The molecule has 2 rings (SSSR count). The van der Waals surface area contributed by atoms with Gasteiger partial charge in [-0.15, -0.1) is 18.3 Å². The molecule has 27 heavy (non-hydrogen) atoms. The summed E-state index contributed by atoms with van der Waals surface area (Å²) in [4.78, 5) is 12.9. The zero-order valence-electron chi connectivity index (χ0n) is 14.3. The van der Waals surface area contributed by atoms with E-state index in [0.29, 0.717) is 28.5 Å². The SMILES string of the molecule is C=C[C@H](CC(C)O)Sc1cc(C(=O)Nc2cc(F)c(F)c(F)c2)ccc1Cl. The molecule has 3 nitrogen and oxygen atoms in total. The molecular formula is C19H17ClF3NO2S. The van der Waals surface area contributed by atoms with Crippen LogP contribution in [0.25, 0.3) is 0 Å². The lowest BCUT2D eigenvalue weighted by atomic mass is 10.2. The number of carbonyl (C=O) groups excluding carboxylic acids is 1. The highest BCUT2D eigenvalue weighted by Crippen LogP contribution is 2.33. The van der Waals surface area contributed by atoms with Crippen molar-refractivity contribution in [3.63, 3.8) is 0 Å². The molecule has 0 radical (unpaired) electrons. The number of aliphatic hydroxyl groups excluding tert-OH is 1. The minimum Gasteiger partial charge on any atom is -0.393 e. The lowest BCUT2D eigenvalue weighted by Gasteiger charge is -2.15. The van der Waals surface area contributed by atoms with Crippen LogP contribution < -0.4 is 5.32 Å². The van der Waals surface area contributed by atoms with Crippen molar-refractivity contribution in [2.45, 2.75) is 29.6 Å². The number of benzene rings is 2. The van der Waals surface area contributed by atoms with E-state index in [2.05, 4.69) is 11.9 Å². The second-order valence-electron chi connectivity index (χ2n) is 5.83. The Morgan fingerprint density at radius 2 is 1.93 bits per heavy atom. The van der Waals surface area contributed by atoms with Crippen molar-refractivity contribution in [1.82, 2.24) is 0 Å². The fourth-order valence-corrected chi connectivity index (χ4v) is 3.68. The third-order valence-electron chi connectivity index (χ3n) is 3.55. The number of carbonyl (C=O) groups is 1. The maximum absolute atomic E-state index is 13.3. The molecule has 0 aromatic heterocycles. The fourth-order valence-electron chi connectivity index (χ4n) is 2.26. The van der Waals surface area contributed by atoms with Gasteiger partial charge in [0.1, 0.15) is 0 Å². The van der Waals surface area contributed by atoms with Crippen LogP contribution in [0.3, 0.4) is 0 Å². The van der Waals surface area contributed by atoms with Crippen LogP contribution in [-0.4, -0.2) is 22.4 Å². The molecule has 0 aliphatic rings. The van der Waals surface area contributed by atoms with Crippen LogP contribution >= 0.6 is 23.4 Å². The van der Waals surface area contributed by atoms with Gasteiger partial charge in [0, 0.05) is 33.5 Å². The van der Waals surface area contributed by atoms with Crippen LogP contribution in [0.4, 0.5) is 18.9 Å². The van der Waals surface area contributed by atoms with E-state index in [0.717, 1.165) is 0 Å². The number of rotatable bonds is 7. The zero-order chi connectivity index (χ0) is 20.1. The van der Waals surface area contributed by atoms with Gasteiger partial charge >= 0.3 is 0 Å². The monoisotopic (exact) mass is 415 g/mol. The first kappa shape index (κ1) is 21.3. The molecule has 2 atom stereocenters. The van der Waals surface area contributed by atoms with Crippen LogP contribution in [0.2, 0.25) is 5.02 Å². The van der Waals surface area contributed by atoms with E-state index in [1.165, 1.54) is 30.0 Å². The van der Waals surface area contributed by atoms with Crippen molar-refractivity contribution in [3.05, 3.63) is 71.0 Å². The summed E-state index contributed by atoms with van der Waals surface area (Å²) in [6, 6.07) is 5.89. The molecular weight excluding hydrogens is 399 g/mol. The molecule has 1 amide bonds. The minimum atomic E-state index is -1.60. The van der Waals surface area contributed by atoms with Crippen LogP contribution in [0.1, 0.15) is 23.7 Å². The normalized spacial score (nSPS) is 13.1. The highest BCUT2D eigenvalue weighted by atomic mass is 35.5. The predicted octanol–water partition coefficient (Wildman–Crippen LogP) is 5.43.